The summed E-state index contributed by atoms with van der Waals surface area (Å²) >= 11 is 0. The minimum absolute atomic E-state index is 0.277. The van der Waals surface area contributed by atoms with Crippen molar-refractivity contribution in [3.8, 4) is 11.5 Å². The summed E-state index contributed by atoms with van der Waals surface area (Å²) in [7, 11) is 0. The number of carboxylic acids is 1. The Balaban J connectivity index is 1.91. The van der Waals surface area contributed by atoms with Crippen LogP contribution in [0.2, 0.25) is 0 Å². The molecule has 21 heavy (non-hydrogen) atoms. The molecule has 104 valence electrons. The molecule has 1 aromatic heterocycles. The summed E-state index contributed by atoms with van der Waals surface area (Å²) < 4.78 is 5.75. The SMILES string of the molecule is Cc1cc(Oc2cnc3ccccc3c2)ccc1C(=O)O. The number of hydrogen-bond acceptors (Lipinski definition) is 3. The van der Waals surface area contributed by atoms with Gasteiger partial charge in [0.1, 0.15) is 11.5 Å². The number of aryl methyl sites for hydroxylation is 1. The van der Waals surface area contributed by atoms with E-state index < -0.39 is 5.97 Å². The molecular weight excluding hydrogens is 266 g/mol. The maximum atomic E-state index is 11.0. The van der Waals surface area contributed by atoms with Crippen LogP contribution in [0.4, 0.5) is 0 Å². The molecule has 1 heterocycles. The highest BCUT2D eigenvalue weighted by molar-refractivity contribution is 5.89. The van der Waals surface area contributed by atoms with Crippen molar-refractivity contribution in [2.75, 3.05) is 0 Å². The fourth-order valence-corrected chi connectivity index (χ4v) is 2.18. The topological polar surface area (TPSA) is 59.4 Å². The molecule has 0 unspecified atom stereocenters. The van der Waals surface area contributed by atoms with Crippen LogP contribution in [0.25, 0.3) is 10.9 Å². The average Bonchev–Trinajstić information content (AvgIpc) is 2.47. The maximum absolute atomic E-state index is 11.0. The van der Waals surface area contributed by atoms with Gasteiger partial charge in [-0.2, -0.15) is 0 Å². The standard InChI is InChI=1S/C17H13NO3/c1-11-8-13(6-7-15(11)17(19)20)21-14-9-12-4-2-3-5-16(12)18-10-14/h2-10H,1H3,(H,19,20). The lowest BCUT2D eigenvalue weighted by Gasteiger charge is -2.08. The Labute approximate surface area is 121 Å². The van der Waals surface area contributed by atoms with E-state index in [1.807, 2.05) is 30.3 Å². The number of aromatic carboxylic acids is 1. The van der Waals surface area contributed by atoms with E-state index in [1.165, 1.54) is 0 Å². The van der Waals surface area contributed by atoms with Crippen molar-refractivity contribution in [1.82, 2.24) is 4.98 Å². The van der Waals surface area contributed by atoms with Gasteiger partial charge in [-0.1, -0.05) is 18.2 Å². The van der Waals surface area contributed by atoms with Gasteiger partial charge in [0.25, 0.3) is 0 Å². The molecule has 3 rings (SSSR count). The van der Waals surface area contributed by atoms with Gasteiger partial charge in [-0.3, -0.25) is 4.98 Å². The molecule has 0 bridgehead atoms. The van der Waals surface area contributed by atoms with E-state index in [0.717, 1.165) is 10.9 Å². The number of pyridine rings is 1. The third-order valence-corrected chi connectivity index (χ3v) is 3.23. The van der Waals surface area contributed by atoms with E-state index in [-0.39, 0.29) is 5.56 Å². The normalized spacial score (nSPS) is 10.5. The van der Waals surface area contributed by atoms with Crippen LogP contribution in [0.5, 0.6) is 11.5 Å². The first-order valence-corrected chi connectivity index (χ1v) is 6.50. The summed E-state index contributed by atoms with van der Waals surface area (Å²) in [6, 6.07) is 14.6. The highest BCUT2D eigenvalue weighted by atomic mass is 16.5. The number of para-hydroxylation sites is 1. The van der Waals surface area contributed by atoms with Crippen LogP contribution in [-0.2, 0) is 0 Å². The molecule has 4 heteroatoms. The first kappa shape index (κ1) is 13.1. The lowest BCUT2D eigenvalue weighted by Crippen LogP contribution is -1.99. The summed E-state index contributed by atoms with van der Waals surface area (Å²) in [6.07, 6.45) is 1.66. The number of fused-ring (bicyclic) bond motifs is 1. The molecule has 0 saturated heterocycles. The minimum atomic E-state index is -0.938. The molecule has 0 aliphatic carbocycles. The Kier molecular flexibility index (Phi) is 3.28. The number of aromatic nitrogens is 1. The molecule has 0 fully saturated rings. The second-order valence-corrected chi connectivity index (χ2v) is 4.75. The van der Waals surface area contributed by atoms with Crippen LogP contribution in [-0.4, -0.2) is 16.1 Å². The summed E-state index contributed by atoms with van der Waals surface area (Å²) in [6.45, 7) is 1.74. The maximum Gasteiger partial charge on any atom is 0.335 e. The van der Waals surface area contributed by atoms with Crippen LogP contribution < -0.4 is 4.74 Å². The van der Waals surface area contributed by atoms with Crippen LogP contribution in [0.15, 0.2) is 54.7 Å². The predicted octanol–water partition coefficient (Wildman–Crippen LogP) is 4.03. The Bertz CT molecular complexity index is 827. The second-order valence-electron chi connectivity index (χ2n) is 4.75. The number of rotatable bonds is 3. The Morgan fingerprint density at radius 1 is 1.10 bits per heavy atom. The van der Waals surface area contributed by atoms with Crippen molar-refractivity contribution in [2.24, 2.45) is 0 Å². The van der Waals surface area contributed by atoms with Gasteiger partial charge in [-0.15, -0.1) is 0 Å². The fraction of sp³-hybridized carbons (Fsp3) is 0.0588. The minimum Gasteiger partial charge on any atom is -0.478 e. The van der Waals surface area contributed by atoms with Crippen molar-refractivity contribution < 1.29 is 14.6 Å². The average molecular weight is 279 g/mol. The smallest absolute Gasteiger partial charge is 0.335 e. The van der Waals surface area contributed by atoms with Crippen LogP contribution in [0.3, 0.4) is 0 Å². The predicted molar refractivity (Wildman–Crippen MR) is 80.0 cm³/mol. The van der Waals surface area contributed by atoms with Gasteiger partial charge >= 0.3 is 5.97 Å². The van der Waals surface area contributed by atoms with Crippen molar-refractivity contribution in [1.29, 1.82) is 0 Å². The van der Waals surface area contributed by atoms with Gasteiger partial charge in [-0.05, 0) is 42.8 Å². The van der Waals surface area contributed by atoms with E-state index in [4.69, 9.17) is 9.84 Å². The van der Waals surface area contributed by atoms with E-state index in [9.17, 15) is 4.79 Å². The van der Waals surface area contributed by atoms with Crippen molar-refractivity contribution in [3.63, 3.8) is 0 Å². The van der Waals surface area contributed by atoms with E-state index in [0.29, 0.717) is 17.1 Å². The van der Waals surface area contributed by atoms with Gasteiger partial charge in [0.15, 0.2) is 0 Å². The third-order valence-electron chi connectivity index (χ3n) is 3.23. The van der Waals surface area contributed by atoms with E-state index >= 15 is 0 Å². The molecule has 0 radical (unpaired) electrons. The Hall–Kier alpha value is -2.88. The zero-order chi connectivity index (χ0) is 14.8. The molecule has 4 nitrogen and oxygen atoms in total. The molecule has 0 amide bonds. The molecule has 0 saturated carbocycles. The first-order valence-electron chi connectivity index (χ1n) is 6.50. The van der Waals surface area contributed by atoms with Gasteiger partial charge in [0, 0.05) is 5.39 Å². The first-order chi connectivity index (χ1) is 10.1. The number of benzene rings is 2. The van der Waals surface area contributed by atoms with Crippen molar-refractivity contribution >= 4 is 16.9 Å². The molecule has 0 atom stereocenters. The summed E-state index contributed by atoms with van der Waals surface area (Å²) in [5.74, 6) is 0.275. The van der Waals surface area contributed by atoms with Gasteiger partial charge in [0.05, 0.1) is 17.3 Å². The number of carboxylic acid groups (broad SMARTS) is 1. The Morgan fingerprint density at radius 2 is 1.90 bits per heavy atom. The molecule has 3 aromatic rings. The largest absolute Gasteiger partial charge is 0.478 e. The summed E-state index contributed by atoms with van der Waals surface area (Å²) in [5.41, 5.74) is 1.84. The number of ether oxygens (including phenoxy) is 1. The quantitative estimate of drug-likeness (QED) is 0.786. The molecular formula is C17H13NO3. The van der Waals surface area contributed by atoms with Gasteiger partial charge in [0.2, 0.25) is 0 Å². The van der Waals surface area contributed by atoms with E-state index in [1.54, 1.807) is 31.3 Å². The monoisotopic (exact) mass is 279 g/mol. The lowest BCUT2D eigenvalue weighted by atomic mass is 10.1. The Morgan fingerprint density at radius 3 is 2.67 bits per heavy atom. The van der Waals surface area contributed by atoms with Crippen LogP contribution in [0, 0.1) is 6.92 Å². The van der Waals surface area contributed by atoms with Crippen molar-refractivity contribution in [2.45, 2.75) is 6.92 Å². The summed E-state index contributed by atoms with van der Waals surface area (Å²) in [4.78, 5) is 15.3. The molecule has 0 spiro atoms. The van der Waals surface area contributed by atoms with Gasteiger partial charge in [-0.25, -0.2) is 4.79 Å². The highest BCUT2D eigenvalue weighted by Crippen LogP contribution is 2.25. The number of hydrogen-bond donors (Lipinski definition) is 1. The second kappa shape index (κ2) is 5.25. The fourth-order valence-electron chi connectivity index (χ4n) is 2.18. The van der Waals surface area contributed by atoms with Gasteiger partial charge < -0.3 is 9.84 Å². The summed E-state index contributed by atoms with van der Waals surface area (Å²) in [5, 5.41) is 10.0. The molecule has 0 aliphatic heterocycles. The lowest BCUT2D eigenvalue weighted by molar-refractivity contribution is 0.0696. The highest BCUT2D eigenvalue weighted by Gasteiger charge is 2.08. The third kappa shape index (κ3) is 2.69. The molecule has 0 aliphatic rings. The van der Waals surface area contributed by atoms with Crippen LogP contribution in [0.1, 0.15) is 15.9 Å². The van der Waals surface area contributed by atoms with Crippen molar-refractivity contribution in [3.05, 3.63) is 65.9 Å². The van der Waals surface area contributed by atoms with E-state index in [2.05, 4.69) is 4.98 Å². The zero-order valence-electron chi connectivity index (χ0n) is 11.4. The van der Waals surface area contributed by atoms with Crippen LogP contribution >= 0.6 is 0 Å². The number of nitrogens with zero attached hydrogens (tertiary/aromatic N) is 1. The molecule has 2 aromatic carbocycles. The molecule has 1 N–H and O–H groups in total. The number of carbonyl (C=O) groups is 1. The zero-order valence-corrected chi connectivity index (χ0v) is 11.4.